The maximum Gasteiger partial charge on any atom is 0.259 e. The van der Waals surface area contributed by atoms with E-state index >= 15 is 0 Å². The molecule has 5 rings (SSSR count). The van der Waals surface area contributed by atoms with Gasteiger partial charge in [-0.3, -0.25) is 9.59 Å². The van der Waals surface area contributed by atoms with Gasteiger partial charge in [-0.2, -0.15) is 0 Å². The quantitative estimate of drug-likeness (QED) is 0.378. The summed E-state index contributed by atoms with van der Waals surface area (Å²) in [5, 5.41) is 3.45. The van der Waals surface area contributed by atoms with Crippen LogP contribution in [-0.2, 0) is 6.54 Å². The lowest BCUT2D eigenvalue weighted by atomic mass is 10.1. The second-order valence-electron chi connectivity index (χ2n) is 9.07. The van der Waals surface area contributed by atoms with Gasteiger partial charge in [-0.05, 0) is 60.9 Å². The largest absolute Gasteiger partial charge is 0.349 e. The summed E-state index contributed by atoms with van der Waals surface area (Å²) in [4.78, 5) is 30.2. The highest BCUT2D eigenvalue weighted by molar-refractivity contribution is 7.99. The van der Waals surface area contributed by atoms with Crippen molar-refractivity contribution in [2.45, 2.75) is 60.9 Å². The van der Waals surface area contributed by atoms with Gasteiger partial charge in [-0.1, -0.05) is 67.2 Å². The summed E-state index contributed by atoms with van der Waals surface area (Å²) in [5.41, 5.74) is 2.37. The lowest BCUT2D eigenvalue weighted by Gasteiger charge is -2.24. The predicted molar refractivity (Wildman–Crippen MR) is 138 cm³/mol. The van der Waals surface area contributed by atoms with Crippen LogP contribution in [0.5, 0.6) is 0 Å². The molecule has 1 aliphatic heterocycles. The van der Waals surface area contributed by atoms with Crippen LogP contribution in [0, 0.1) is 5.82 Å². The third-order valence-corrected chi connectivity index (χ3v) is 8.12. The number of hydrogen-bond donors (Lipinski definition) is 1. The smallest absolute Gasteiger partial charge is 0.259 e. The third kappa shape index (κ3) is 5.24. The number of rotatable bonds is 4. The normalized spacial score (nSPS) is 16.2. The molecular weight excluding hydrogens is 483 g/mol. The van der Waals surface area contributed by atoms with E-state index in [4.69, 9.17) is 11.6 Å². The molecular formula is C28H26ClFN2O2S. The zero-order valence-corrected chi connectivity index (χ0v) is 20.8. The summed E-state index contributed by atoms with van der Waals surface area (Å²) in [6.07, 6.45) is 6.68. The fourth-order valence-electron chi connectivity index (χ4n) is 4.73. The SMILES string of the molecule is O=C(NC1CCCCCC1)c1ccc2c(c1)N(Cc1ccc(F)cc1Cl)C(=O)c1ccccc1S2. The summed E-state index contributed by atoms with van der Waals surface area (Å²) >= 11 is 7.82. The Morgan fingerprint density at radius 3 is 2.54 bits per heavy atom. The van der Waals surface area contributed by atoms with E-state index in [1.165, 1.54) is 36.7 Å². The van der Waals surface area contributed by atoms with Gasteiger partial charge in [-0.15, -0.1) is 0 Å². The molecule has 0 bridgehead atoms. The topological polar surface area (TPSA) is 49.4 Å². The van der Waals surface area contributed by atoms with E-state index < -0.39 is 5.82 Å². The second-order valence-corrected chi connectivity index (χ2v) is 10.6. The first-order valence-corrected chi connectivity index (χ1v) is 13.2. The molecule has 1 N–H and O–H groups in total. The Kier molecular flexibility index (Phi) is 7.12. The average Bonchev–Trinajstić information content (AvgIpc) is 3.17. The molecule has 7 heteroatoms. The Bertz CT molecular complexity index is 1270. The number of halogens is 2. The zero-order valence-electron chi connectivity index (χ0n) is 19.2. The molecule has 0 radical (unpaired) electrons. The number of hydrogen-bond acceptors (Lipinski definition) is 3. The Morgan fingerprint density at radius 2 is 1.77 bits per heavy atom. The molecule has 0 atom stereocenters. The number of fused-ring (bicyclic) bond motifs is 2. The van der Waals surface area contributed by atoms with E-state index in [9.17, 15) is 14.0 Å². The van der Waals surface area contributed by atoms with Crippen LogP contribution in [-0.4, -0.2) is 17.9 Å². The van der Waals surface area contributed by atoms with Gasteiger partial charge in [0, 0.05) is 26.4 Å². The Morgan fingerprint density at radius 1 is 1.00 bits per heavy atom. The van der Waals surface area contributed by atoms with Crippen molar-refractivity contribution < 1.29 is 14.0 Å². The minimum atomic E-state index is -0.431. The Balaban J connectivity index is 1.51. The molecule has 2 amide bonds. The van der Waals surface area contributed by atoms with Crippen LogP contribution in [0.4, 0.5) is 10.1 Å². The molecule has 0 spiro atoms. The molecule has 4 nitrogen and oxygen atoms in total. The highest BCUT2D eigenvalue weighted by Gasteiger charge is 2.29. The highest BCUT2D eigenvalue weighted by Crippen LogP contribution is 2.42. The van der Waals surface area contributed by atoms with E-state index in [-0.39, 0.29) is 29.4 Å². The fraction of sp³-hybridized carbons (Fsp3) is 0.286. The molecule has 3 aromatic carbocycles. The number of benzene rings is 3. The van der Waals surface area contributed by atoms with Crippen molar-refractivity contribution in [3.05, 3.63) is 88.2 Å². The number of nitrogens with one attached hydrogen (secondary N) is 1. The first-order chi connectivity index (χ1) is 17.0. The van der Waals surface area contributed by atoms with Crippen molar-refractivity contribution in [2.24, 2.45) is 0 Å². The van der Waals surface area contributed by atoms with Crippen LogP contribution in [0.25, 0.3) is 0 Å². The number of carbonyl (C=O) groups excluding carboxylic acids is 2. The number of nitrogens with zero attached hydrogens (tertiary/aromatic N) is 1. The molecule has 1 aliphatic carbocycles. The molecule has 3 aromatic rings. The third-order valence-electron chi connectivity index (χ3n) is 6.63. The molecule has 180 valence electrons. The van der Waals surface area contributed by atoms with Crippen LogP contribution in [0.3, 0.4) is 0 Å². The van der Waals surface area contributed by atoms with Gasteiger partial charge in [0.2, 0.25) is 0 Å². The number of anilines is 1. The van der Waals surface area contributed by atoms with Crippen molar-refractivity contribution in [3.8, 4) is 0 Å². The van der Waals surface area contributed by atoms with E-state index in [0.717, 1.165) is 35.5 Å². The van der Waals surface area contributed by atoms with Gasteiger partial charge in [0.15, 0.2) is 0 Å². The van der Waals surface area contributed by atoms with E-state index in [0.29, 0.717) is 22.4 Å². The molecule has 0 aromatic heterocycles. The van der Waals surface area contributed by atoms with Crippen LogP contribution in [0.15, 0.2) is 70.5 Å². The van der Waals surface area contributed by atoms with Gasteiger partial charge < -0.3 is 10.2 Å². The predicted octanol–water partition coefficient (Wildman–Crippen LogP) is 7.24. The molecule has 2 aliphatic rings. The lowest BCUT2D eigenvalue weighted by Crippen LogP contribution is -2.35. The summed E-state index contributed by atoms with van der Waals surface area (Å²) in [6.45, 7) is 0.160. The molecule has 0 saturated heterocycles. The first kappa shape index (κ1) is 23.9. The van der Waals surface area contributed by atoms with E-state index in [2.05, 4.69) is 5.32 Å². The molecule has 1 saturated carbocycles. The Hall–Kier alpha value is -2.83. The summed E-state index contributed by atoms with van der Waals surface area (Å²) < 4.78 is 13.7. The highest BCUT2D eigenvalue weighted by atomic mass is 35.5. The maximum atomic E-state index is 13.7. The summed E-state index contributed by atoms with van der Waals surface area (Å²) in [7, 11) is 0. The number of amides is 2. The van der Waals surface area contributed by atoms with Crippen LogP contribution in [0.2, 0.25) is 5.02 Å². The van der Waals surface area contributed by atoms with Crippen molar-refractivity contribution in [1.82, 2.24) is 5.32 Å². The van der Waals surface area contributed by atoms with Crippen LogP contribution >= 0.6 is 23.4 Å². The van der Waals surface area contributed by atoms with Crippen molar-refractivity contribution in [2.75, 3.05) is 4.90 Å². The van der Waals surface area contributed by atoms with Crippen molar-refractivity contribution in [1.29, 1.82) is 0 Å². The van der Waals surface area contributed by atoms with Gasteiger partial charge >= 0.3 is 0 Å². The average molecular weight is 509 g/mol. The second kappa shape index (κ2) is 10.4. The first-order valence-electron chi connectivity index (χ1n) is 12.0. The monoisotopic (exact) mass is 508 g/mol. The van der Waals surface area contributed by atoms with Crippen molar-refractivity contribution in [3.63, 3.8) is 0 Å². The Labute approximate surface area is 213 Å². The van der Waals surface area contributed by atoms with Crippen LogP contribution in [0.1, 0.15) is 64.8 Å². The summed E-state index contributed by atoms with van der Waals surface area (Å²) in [5.74, 6) is -0.744. The lowest BCUT2D eigenvalue weighted by molar-refractivity contribution is 0.0931. The zero-order chi connectivity index (χ0) is 24.4. The van der Waals surface area contributed by atoms with Crippen molar-refractivity contribution >= 4 is 40.9 Å². The van der Waals surface area contributed by atoms with E-state index in [1.807, 2.05) is 30.3 Å². The van der Waals surface area contributed by atoms with Gasteiger partial charge in [0.1, 0.15) is 5.82 Å². The molecule has 1 fully saturated rings. The number of carbonyl (C=O) groups is 2. The molecule has 1 heterocycles. The maximum absolute atomic E-state index is 13.7. The van der Waals surface area contributed by atoms with Gasteiger partial charge in [0.05, 0.1) is 17.8 Å². The summed E-state index contributed by atoms with van der Waals surface area (Å²) in [6, 6.07) is 17.3. The molecule has 35 heavy (non-hydrogen) atoms. The minimum absolute atomic E-state index is 0.126. The fourth-order valence-corrected chi connectivity index (χ4v) is 6.02. The van der Waals surface area contributed by atoms with Gasteiger partial charge in [0.25, 0.3) is 11.8 Å². The standard InChI is InChI=1S/C28H26ClFN2O2S/c29-23-16-20(30)13-11-19(23)17-32-24-15-18(27(33)31-21-7-3-1-2-4-8-21)12-14-26(24)35-25-10-6-5-9-22(25)28(32)34/h5-6,9-16,21H,1-4,7-8,17H2,(H,31,33). The minimum Gasteiger partial charge on any atom is -0.349 e. The van der Waals surface area contributed by atoms with Crippen LogP contribution < -0.4 is 10.2 Å². The van der Waals surface area contributed by atoms with E-state index in [1.54, 1.807) is 23.1 Å². The van der Waals surface area contributed by atoms with Gasteiger partial charge in [-0.25, -0.2) is 4.39 Å². The molecule has 0 unspecified atom stereocenters.